The maximum atomic E-state index is 13.6. The van der Waals surface area contributed by atoms with Gasteiger partial charge in [0.1, 0.15) is 5.75 Å². The van der Waals surface area contributed by atoms with Gasteiger partial charge in [0, 0.05) is 31.1 Å². The molecule has 2 heterocycles. The monoisotopic (exact) mass is 404 g/mol. The number of pyridine rings is 1. The lowest BCUT2D eigenvalue weighted by atomic mass is 9.94. The van der Waals surface area contributed by atoms with Gasteiger partial charge in [0.2, 0.25) is 0 Å². The summed E-state index contributed by atoms with van der Waals surface area (Å²) in [5.74, 6) is 0.829. The Kier molecular flexibility index (Phi) is 5.88. The highest BCUT2D eigenvalue weighted by atomic mass is 16.5. The molecular formula is C25H28N2O3. The van der Waals surface area contributed by atoms with Crippen molar-refractivity contribution in [2.45, 2.75) is 38.1 Å². The number of amides is 1. The van der Waals surface area contributed by atoms with E-state index in [0.717, 1.165) is 55.3 Å². The maximum absolute atomic E-state index is 13.6. The molecule has 0 radical (unpaired) electrons. The molecule has 5 nitrogen and oxygen atoms in total. The van der Waals surface area contributed by atoms with Crippen LogP contribution in [0.3, 0.4) is 0 Å². The highest BCUT2D eigenvalue weighted by molar-refractivity contribution is 6.06. The quantitative estimate of drug-likeness (QED) is 0.641. The van der Waals surface area contributed by atoms with E-state index in [-0.39, 0.29) is 17.5 Å². The van der Waals surface area contributed by atoms with Gasteiger partial charge in [-0.25, -0.2) is 0 Å². The molecule has 1 saturated heterocycles. The zero-order valence-corrected chi connectivity index (χ0v) is 17.6. The Morgan fingerprint density at radius 3 is 2.77 bits per heavy atom. The van der Waals surface area contributed by atoms with Crippen LogP contribution in [-0.4, -0.2) is 35.1 Å². The van der Waals surface area contributed by atoms with Crippen molar-refractivity contribution in [2.24, 2.45) is 7.05 Å². The van der Waals surface area contributed by atoms with Gasteiger partial charge in [0.25, 0.3) is 11.5 Å². The molecule has 156 valence electrons. The first-order valence-corrected chi connectivity index (χ1v) is 10.6. The second-order valence-corrected chi connectivity index (χ2v) is 8.01. The third kappa shape index (κ3) is 3.97. The molecule has 0 spiro atoms. The van der Waals surface area contributed by atoms with Crippen molar-refractivity contribution in [2.75, 3.05) is 13.7 Å². The van der Waals surface area contributed by atoms with Gasteiger partial charge >= 0.3 is 0 Å². The number of hydrogen-bond acceptors (Lipinski definition) is 3. The number of carbonyl (C=O) groups excluding carboxylic acids is 1. The minimum atomic E-state index is -0.151. The standard InChI is InChI=1S/C25H28N2O3/c1-26-23-12-4-3-11-21(23)22(17-24(26)28)25(29)27-15-6-5-9-19(27)14-13-18-8-7-10-20(16-18)30-2/h3-4,7-8,10-12,16-17,19H,5-6,9,13-15H2,1-2H3. The normalized spacial score (nSPS) is 16.6. The fourth-order valence-electron chi connectivity index (χ4n) is 4.47. The van der Waals surface area contributed by atoms with E-state index in [4.69, 9.17) is 4.74 Å². The number of nitrogens with zero attached hydrogens (tertiary/aromatic N) is 2. The van der Waals surface area contributed by atoms with E-state index in [1.165, 1.54) is 11.6 Å². The zero-order valence-electron chi connectivity index (χ0n) is 17.6. The summed E-state index contributed by atoms with van der Waals surface area (Å²) in [6, 6.07) is 17.4. The number of ether oxygens (including phenoxy) is 1. The van der Waals surface area contributed by atoms with Gasteiger partial charge in [0.05, 0.1) is 18.2 Å². The number of likely N-dealkylation sites (tertiary alicyclic amines) is 1. The van der Waals surface area contributed by atoms with Crippen LogP contribution >= 0.6 is 0 Å². The number of methoxy groups -OCH3 is 1. The lowest BCUT2D eigenvalue weighted by Gasteiger charge is -2.36. The Bertz CT molecular complexity index is 1120. The van der Waals surface area contributed by atoms with Crippen molar-refractivity contribution < 1.29 is 9.53 Å². The predicted molar refractivity (Wildman–Crippen MR) is 119 cm³/mol. The van der Waals surface area contributed by atoms with Crippen LogP contribution in [0.25, 0.3) is 10.9 Å². The summed E-state index contributed by atoms with van der Waals surface area (Å²) in [6.07, 6.45) is 4.93. The van der Waals surface area contributed by atoms with Crippen molar-refractivity contribution in [3.8, 4) is 5.75 Å². The molecule has 30 heavy (non-hydrogen) atoms. The molecule has 0 N–H and O–H groups in total. The molecular weight excluding hydrogens is 376 g/mol. The van der Waals surface area contributed by atoms with Crippen molar-refractivity contribution in [3.05, 3.63) is 76.1 Å². The van der Waals surface area contributed by atoms with Gasteiger partial charge < -0.3 is 14.2 Å². The highest BCUT2D eigenvalue weighted by Crippen LogP contribution is 2.26. The number of hydrogen-bond donors (Lipinski definition) is 0. The minimum absolute atomic E-state index is 0.0285. The van der Waals surface area contributed by atoms with E-state index < -0.39 is 0 Å². The Balaban J connectivity index is 1.60. The molecule has 1 aliphatic heterocycles. The number of benzene rings is 2. The molecule has 1 amide bonds. The van der Waals surface area contributed by atoms with Crippen LogP contribution in [0.4, 0.5) is 0 Å². The van der Waals surface area contributed by atoms with Gasteiger partial charge in [-0.3, -0.25) is 9.59 Å². The topological polar surface area (TPSA) is 51.5 Å². The van der Waals surface area contributed by atoms with Crippen molar-refractivity contribution in [1.82, 2.24) is 9.47 Å². The number of piperidine rings is 1. The fraction of sp³-hybridized carbons (Fsp3) is 0.360. The second-order valence-electron chi connectivity index (χ2n) is 8.01. The number of aryl methyl sites for hydroxylation is 2. The van der Waals surface area contributed by atoms with E-state index in [2.05, 4.69) is 12.1 Å². The van der Waals surface area contributed by atoms with E-state index in [1.807, 2.05) is 41.3 Å². The van der Waals surface area contributed by atoms with Gasteiger partial charge in [-0.2, -0.15) is 0 Å². The van der Waals surface area contributed by atoms with Crippen LogP contribution in [0, 0.1) is 0 Å². The lowest BCUT2D eigenvalue weighted by molar-refractivity contribution is 0.0603. The summed E-state index contributed by atoms with van der Waals surface area (Å²) in [6.45, 7) is 0.741. The molecule has 0 aliphatic carbocycles. The van der Waals surface area contributed by atoms with E-state index in [9.17, 15) is 9.59 Å². The second kappa shape index (κ2) is 8.74. The average Bonchev–Trinajstić information content (AvgIpc) is 2.80. The molecule has 1 aromatic heterocycles. The summed E-state index contributed by atoms with van der Waals surface area (Å²) in [7, 11) is 3.42. The first kappa shape index (κ1) is 20.2. The molecule has 2 aromatic carbocycles. The number of carbonyl (C=O) groups is 1. The summed E-state index contributed by atoms with van der Waals surface area (Å²) in [5.41, 5.74) is 2.37. The Labute approximate surface area is 176 Å². The van der Waals surface area contributed by atoms with E-state index in [1.54, 1.807) is 18.7 Å². The van der Waals surface area contributed by atoms with Crippen molar-refractivity contribution >= 4 is 16.8 Å². The van der Waals surface area contributed by atoms with Crippen LogP contribution < -0.4 is 10.3 Å². The van der Waals surface area contributed by atoms with Crippen LogP contribution in [0.1, 0.15) is 41.6 Å². The van der Waals surface area contributed by atoms with Crippen LogP contribution in [-0.2, 0) is 13.5 Å². The first-order chi connectivity index (χ1) is 14.6. The molecule has 1 unspecified atom stereocenters. The van der Waals surface area contributed by atoms with Gasteiger partial charge in [-0.15, -0.1) is 0 Å². The minimum Gasteiger partial charge on any atom is -0.497 e. The molecule has 1 fully saturated rings. The number of aromatic nitrogens is 1. The van der Waals surface area contributed by atoms with Crippen LogP contribution in [0.2, 0.25) is 0 Å². The fourth-order valence-corrected chi connectivity index (χ4v) is 4.47. The number of para-hydroxylation sites is 1. The molecule has 3 aromatic rings. The van der Waals surface area contributed by atoms with Crippen molar-refractivity contribution in [1.29, 1.82) is 0 Å². The SMILES string of the molecule is COc1cccc(CCC2CCCCN2C(=O)c2cc(=O)n(C)c3ccccc23)c1. The first-order valence-electron chi connectivity index (χ1n) is 10.6. The predicted octanol–water partition coefficient (Wildman–Crippen LogP) is 4.17. The molecule has 1 atom stereocenters. The number of rotatable bonds is 5. The summed E-state index contributed by atoms with van der Waals surface area (Å²) in [5, 5.41) is 0.835. The summed E-state index contributed by atoms with van der Waals surface area (Å²) >= 11 is 0. The molecule has 0 saturated carbocycles. The van der Waals surface area contributed by atoms with Crippen molar-refractivity contribution in [3.63, 3.8) is 0 Å². The zero-order chi connectivity index (χ0) is 21.1. The van der Waals surface area contributed by atoms with Crippen LogP contribution in [0.15, 0.2) is 59.4 Å². The third-order valence-corrected chi connectivity index (χ3v) is 6.17. The third-order valence-electron chi connectivity index (χ3n) is 6.17. The lowest BCUT2D eigenvalue weighted by Crippen LogP contribution is -2.44. The molecule has 5 heteroatoms. The molecule has 1 aliphatic rings. The largest absolute Gasteiger partial charge is 0.497 e. The maximum Gasteiger partial charge on any atom is 0.254 e. The van der Waals surface area contributed by atoms with Crippen LogP contribution in [0.5, 0.6) is 5.75 Å². The summed E-state index contributed by atoms with van der Waals surface area (Å²) in [4.78, 5) is 28.0. The van der Waals surface area contributed by atoms with E-state index in [0.29, 0.717) is 5.56 Å². The Morgan fingerprint density at radius 1 is 1.10 bits per heavy atom. The highest BCUT2D eigenvalue weighted by Gasteiger charge is 2.28. The molecule has 4 rings (SSSR count). The smallest absolute Gasteiger partial charge is 0.254 e. The molecule has 0 bridgehead atoms. The Morgan fingerprint density at radius 2 is 1.93 bits per heavy atom. The summed E-state index contributed by atoms with van der Waals surface area (Å²) < 4.78 is 6.93. The number of fused-ring (bicyclic) bond motifs is 1. The van der Waals surface area contributed by atoms with E-state index >= 15 is 0 Å². The average molecular weight is 405 g/mol. The van der Waals surface area contributed by atoms with Gasteiger partial charge in [-0.05, 0) is 55.9 Å². The van der Waals surface area contributed by atoms with Gasteiger partial charge in [0.15, 0.2) is 0 Å². The van der Waals surface area contributed by atoms with Gasteiger partial charge in [-0.1, -0.05) is 30.3 Å². The Hall–Kier alpha value is -3.08.